The number of aromatic nitrogens is 2. The van der Waals surface area contributed by atoms with Crippen molar-refractivity contribution in [2.45, 2.75) is 45.1 Å². The minimum Gasteiger partial charge on any atom is -0.378 e. The van der Waals surface area contributed by atoms with E-state index in [4.69, 9.17) is 26.9 Å². The lowest BCUT2D eigenvalue weighted by molar-refractivity contribution is 0.122. The molecule has 3 heterocycles. The Bertz CT molecular complexity index is 874. The fourth-order valence-corrected chi connectivity index (χ4v) is 4.50. The van der Waals surface area contributed by atoms with Crippen molar-refractivity contribution in [1.29, 1.82) is 0 Å². The molecule has 8 heteroatoms. The minimum atomic E-state index is 0.479. The fourth-order valence-electron chi connectivity index (χ4n) is 4.30. The summed E-state index contributed by atoms with van der Waals surface area (Å²) < 4.78 is 5.52. The van der Waals surface area contributed by atoms with Crippen molar-refractivity contribution in [2.24, 2.45) is 0 Å². The molecule has 0 spiro atoms. The molecule has 0 saturated carbocycles. The number of benzene rings is 1. The van der Waals surface area contributed by atoms with Gasteiger partial charge < -0.3 is 25.2 Å². The number of nitrogens with zero attached hydrogens (tertiary/aromatic N) is 4. The third-order valence-electron chi connectivity index (χ3n) is 6.13. The largest absolute Gasteiger partial charge is 0.378 e. The number of aryl methyl sites for hydroxylation is 1. The van der Waals surface area contributed by atoms with Gasteiger partial charge in [-0.3, -0.25) is 0 Å². The van der Waals surface area contributed by atoms with Gasteiger partial charge in [0.2, 0.25) is 5.95 Å². The Hall–Kier alpha value is -2.45. The second-order valence-electron chi connectivity index (χ2n) is 8.52. The zero-order valence-electron chi connectivity index (χ0n) is 18.9. The predicted octanol–water partition coefficient (Wildman–Crippen LogP) is 3.61. The topological polar surface area (TPSA) is 65.6 Å². The van der Waals surface area contributed by atoms with Crippen LogP contribution >= 0.6 is 12.2 Å². The van der Waals surface area contributed by atoms with Crippen LogP contribution < -0.4 is 20.4 Å². The normalized spacial score (nSPS) is 19.0. The Kier molecular flexibility index (Phi) is 8.12. The quantitative estimate of drug-likeness (QED) is 0.486. The van der Waals surface area contributed by atoms with Crippen LogP contribution in [0.3, 0.4) is 0 Å². The van der Waals surface area contributed by atoms with Gasteiger partial charge in [-0.05, 0) is 56.8 Å². The molecule has 0 bridgehead atoms. The lowest BCUT2D eigenvalue weighted by atomic mass is 10.0. The van der Waals surface area contributed by atoms with E-state index in [1.54, 1.807) is 0 Å². The summed E-state index contributed by atoms with van der Waals surface area (Å²) in [5.74, 6) is 2.47. The van der Waals surface area contributed by atoms with E-state index in [0.717, 1.165) is 63.9 Å². The Morgan fingerprint density at radius 3 is 2.66 bits per heavy atom. The third kappa shape index (κ3) is 6.29. The van der Waals surface area contributed by atoms with Crippen LogP contribution in [0.4, 0.5) is 17.6 Å². The number of rotatable bonds is 7. The average Bonchev–Trinajstić information content (AvgIpc) is 2.83. The van der Waals surface area contributed by atoms with Crippen molar-refractivity contribution in [1.82, 2.24) is 15.3 Å². The summed E-state index contributed by atoms with van der Waals surface area (Å²) in [7, 11) is 0. The van der Waals surface area contributed by atoms with E-state index in [2.05, 4.69) is 57.7 Å². The van der Waals surface area contributed by atoms with Crippen molar-refractivity contribution < 1.29 is 4.74 Å². The SMILES string of the molecule is C[C@@H]1CCCCN1c1cc(N2CCOCC2)nc(NC(=S)NCCCc2ccccc2)n1. The van der Waals surface area contributed by atoms with Crippen molar-refractivity contribution >= 4 is 34.9 Å². The molecule has 1 aromatic heterocycles. The van der Waals surface area contributed by atoms with Crippen LogP contribution in [0.15, 0.2) is 36.4 Å². The number of ether oxygens (including phenoxy) is 1. The molecule has 0 unspecified atom stereocenters. The van der Waals surface area contributed by atoms with Crippen molar-refractivity contribution in [3.63, 3.8) is 0 Å². The van der Waals surface area contributed by atoms with Crippen LogP contribution in [0.1, 0.15) is 38.2 Å². The highest BCUT2D eigenvalue weighted by Gasteiger charge is 2.23. The van der Waals surface area contributed by atoms with Crippen molar-refractivity contribution in [3.05, 3.63) is 42.0 Å². The molecule has 2 aliphatic heterocycles. The monoisotopic (exact) mass is 454 g/mol. The Morgan fingerprint density at radius 2 is 1.88 bits per heavy atom. The van der Waals surface area contributed by atoms with Gasteiger partial charge >= 0.3 is 0 Å². The zero-order chi connectivity index (χ0) is 22.2. The maximum Gasteiger partial charge on any atom is 0.232 e. The van der Waals surface area contributed by atoms with Crippen LogP contribution in [0.2, 0.25) is 0 Å². The molecule has 0 amide bonds. The average molecular weight is 455 g/mol. The smallest absolute Gasteiger partial charge is 0.232 e. The van der Waals surface area contributed by atoms with E-state index >= 15 is 0 Å². The number of morpholine rings is 1. The van der Waals surface area contributed by atoms with Crippen LogP contribution in [-0.2, 0) is 11.2 Å². The second kappa shape index (κ2) is 11.4. The van der Waals surface area contributed by atoms with Crippen LogP contribution in [0.25, 0.3) is 0 Å². The lowest BCUT2D eigenvalue weighted by Gasteiger charge is -2.35. The van der Waals surface area contributed by atoms with Crippen LogP contribution in [0, 0.1) is 0 Å². The number of hydrogen-bond donors (Lipinski definition) is 2. The Labute approximate surface area is 196 Å². The molecule has 2 saturated heterocycles. The molecule has 0 aliphatic carbocycles. The molecule has 0 radical (unpaired) electrons. The summed E-state index contributed by atoms with van der Waals surface area (Å²) in [4.78, 5) is 14.3. The fraction of sp³-hybridized carbons (Fsp3) is 0.542. The van der Waals surface area contributed by atoms with Gasteiger partial charge in [0, 0.05) is 38.3 Å². The molecule has 2 fully saturated rings. The van der Waals surface area contributed by atoms with Gasteiger partial charge in [0.05, 0.1) is 13.2 Å². The molecule has 4 rings (SSSR count). The zero-order valence-corrected chi connectivity index (χ0v) is 19.7. The molecule has 2 aliphatic rings. The summed E-state index contributed by atoms with van der Waals surface area (Å²) in [6, 6.07) is 13.1. The molecule has 7 nitrogen and oxygen atoms in total. The number of anilines is 3. The summed E-state index contributed by atoms with van der Waals surface area (Å²) in [6.45, 7) is 7.25. The van der Waals surface area contributed by atoms with Gasteiger partial charge in [-0.1, -0.05) is 30.3 Å². The van der Waals surface area contributed by atoms with E-state index in [0.29, 0.717) is 17.1 Å². The molecular weight excluding hydrogens is 420 g/mol. The molecule has 1 atom stereocenters. The summed E-state index contributed by atoms with van der Waals surface area (Å²) in [5, 5.41) is 7.09. The number of hydrogen-bond acceptors (Lipinski definition) is 6. The van der Waals surface area contributed by atoms with Gasteiger partial charge in [-0.2, -0.15) is 9.97 Å². The lowest BCUT2D eigenvalue weighted by Crippen LogP contribution is -2.40. The maximum atomic E-state index is 5.54. The van der Waals surface area contributed by atoms with Gasteiger partial charge in [-0.25, -0.2) is 0 Å². The van der Waals surface area contributed by atoms with Crippen LogP contribution in [-0.4, -0.2) is 60.5 Å². The highest BCUT2D eigenvalue weighted by molar-refractivity contribution is 7.80. The molecule has 32 heavy (non-hydrogen) atoms. The van der Waals surface area contributed by atoms with E-state index in [1.165, 1.54) is 24.8 Å². The second-order valence-corrected chi connectivity index (χ2v) is 8.92. The van der Waals surface area contributed by atoms with Crippen molar-refractivity contribution in [2.75, 3.05) is 54.5 Å². The van der Waals surface area contributed by atoms with E-state index in [1.807, 2.05) is 6.07 Å². The first-order chi connectivity index (χ1) is 15.7. The number of thiocarbonyl (C=S) groups is 1. The first kappa shape index (κ1) is 22.7. The van der Waals surface area contributed by atoms with Gasteiger partial charge in [0.15, 0.2) is 5.11 Å². The third-order valence-corrected chi connectivity index (χ3v) is 6.37. The van der Waals surface area contributed by atoms with E-state index < -0.39 is 0 Å². The molecule has 1 aromatic carbocycles. The Balaban J connectivity index is 1.40. The summed E-state index contributed by atoms with van der Waals surface area (Å²) in [5.41, 5.74) is 1.34. The number of nitrogens with one attached hydrogen (secondary N) is 2. The molecule has 172 valence electrons. The van der Waals surface area contributed by atoms with Crippen LogP contribution in [0.5, 0.6) is 0 Å². The van der Waals surface area contributed by atoms with Gasteiger partial charge in [0.25, 0.3) is 0 Å². The standard InChI is InChI=1S/C24H34N6OS/c1-19-8-5-6-13-30(19)22-18-21(29-14-16-31-17-15-29)26-23(27-22)28-24(32)25-12-7-11-20-9-3-2-4-10-20/h2-4,9-10,18-19H,5-8,11-17H2,1H3,(H2,25,26,27,28,32)/t19-/m1/s1. The summed E-state index contributed by atoms with van der Waals surface area (Å²) >= 11 is 5.54. The summed E-state index contributed by atoms with van der Waals surface area (Å²) in [6.07, 6.45) is 5.71. The first-order valence-corrected chi connectivity index (χ1v) is 12.2. The molecular formula is C24H34N6OS. The minimum absolute atomic E-state index is 0.479. The van der Waals surface area contributed by atoms with Crippen molar-refractivity contribution in [3.8, 4) is 0 Å². The molecule has 2 aromatic rings. The van der Waals surface area contributed by atoms with Gasteiger partial charge in [0.1, 0.15) is 11.6 Å². The number of piperidine rings is 1. The van der Waals surface area contributed by atoms with E-state index in [-0.39, 0.29) is 0 Å². The molecule has 2 N–H and O–H groups in total. The van der Waals surface area contributed by atoms with Gasteiger partial charge in [-0.15, -0.1) is 0 Å². The van der Waals surface area contributed by atoms with E-state index in [9.17, 15) is 0 Å². The predicted molar refractivity (Wildman–Crippen MR) is 135 cm³/mol. The highest BCUT2D eigenvalue weighted by atomic mass is 32.1. The first-order valence-electron chi connectivity index (χ1n) is 11.8. The highest BCUT2D eigenvalue weighted by Crippen LogP contribution is 2.27. The Morgan fingerprint density at radius 1 is 1.09 bits per heavy atom. The maximum absolute atomic E-state index is 5.54.